The van der Waals surface area contributed by atoms with Crippen LogP contribution in [-0.4, -0.2) is 29.8 Å². The number of carbonyl (C=O) groups is 3. The molecule has 1 aromatic heterocycles. The molecule has 166 valence electrons. The maximum absolute atomic E-state index is 13.2. The summed E-state index contributed by atoms with van der Waals surface area (Å²) in [5.41, 5.74) is 3.58. The predicted molar refractivity (Wildman–Crippen MR) is 121 cm³/mol. The number of methoxy groups -OCH3 is 1. The standard InChI is InChI=1S/C25H26N2O5/c1-14-11-12-20(31-5)19(13-14)27-24(29)23(18-9-7-6-8-10-18)32-25(30)22-15(2)21(17(4)28)16(3)26-22/h6-13,23,26H,1-5H3,(H,27,29)/t23-/m1/s1. The Hall–Kier alpha value is -3.87. The highest BCUT2D eigenvalue weighted by atomic mass is 16.5. The van der Waals surface area contributed by atoms with Crippen LogP contribution in [0.2, 0.25) is 0 Å². The van der Waals surface area contributed by atoms with E-state index in [2.05, 4.69) is 10.3 Å². The molecule has 0 radical (unpaired) electrons. The van der Waals surface area contributed by atoms with E-state index in [-0.39, 0.29) is 11.5 Å². The van der Waals surface area contributed by atoms with Crippen molar-refractivity contribution in [1.82, 2.24) is 4.98 Å². The van der Waals surface area contributed by atoms with Crippen molar-refractivity contribution in [2.45, 2.75) is 33.8 Å². The molecule has 2 N–H and O–H groups in total. The number of aromatic nitrogens is 1. The molecule has 1 amide bonds. The molecule has 1 atom stereocenters. The van der Waals surface area contributed by atoms with Crippen molar-refractivity contribution in [3.05, 3.63) is 82.2 Å². The summed E-state index contributed by atoms with van der Waals surface area (Å²) in [4.78, 5) is 41.1. The van der Waals surface area contributed by atoms with Crippen molar-refractivity contribution in [1.29, 1.82) is 0 Å². The molecular formula is C25H26N2O5. The van der Waals surface area contributed by atoms with E-state index in [4.69, 9.17) is 9.47 Å². The van der Waals surface area contributed by atoms with E-state index in [9.17, 15) is 14.4 Å². The summed E-state index contributed by atoms with van der Waals surface area (Å²) in [5.74, 6) is -0.914. The number of aryl methyl sites for hydroxylation is 2. The Morgan fingerprint density at radius 2 is 1.69 bits per heavy atom. The molecule has 0 saturated heterocycles. The molecule has 2 aromatic carbocycles. The molecule has 0 bridgehead atoms. The number of esters is 1. The van der Waals surface area contributed by atoms with Gasteiger partial charge in [-0.25, -0.2) is 4.79 Å². The molecule has 0 aliphatic carbocycles. The van der Waals surface area contributed by atoms with Gasteiger partial charge in [-0.15, -0.1) is 0 Å². The zero-order chi connectivity index (χ0) is 23.4. The lowest BCUT2D eigenvalue weighted by molar-refractivity contribution is -0.125. The van der Waals surface area contributed by atoms with Crippen molar-refractivity contribution in [3.63, 3.8) is 0 Å². The zero-order valence-electron chi connectivity index (χ0n) is 18.7. The van der Waals surface area contributed by atoms with Crippen molar-refractivity contribution in [2.75, 3.05) is 12.4 Å². The van der Waals surface area contributed by atoms with Crippen LogP contribution in [-0.2, 0) is 9.53 Å². The number of nitrogens with one attached hydrogen (secondary N) is 2. The highest BCUT2D eigenvalue weighted by Gasteiger charge is 2.29. The van der Waals surface area contributed by atoms with Crippen LogP contribution in [0.15, 0.2) is 48.5 Å². The lowest BCUT2D eigenvalue weighted by atomic mass is 10.1. The Kier molecular flexibility index (Phi) is 6.78. The number of ketones is 1. The number of hydrogen-bond acceptors (Lipinski definition) is 5. The molecular weight excluding hydrogens is 408 g/mol. The summed E-state index contributed by atoms with van der Waals surface area (Å²) in [6, 6.07) is 14.1. The Morgan fingerprint density at radius 1 is 1.00 bits per heavy atom. The van der Waals surface area contributed by atoms with E-state index in [0.29, 0.717) is 33.8 Å². The first-order valence-electron chi connectivity index (χ1n) is 10.1. The highest BCUT2D eigenvalue weighted by molar-refractivity contribution is 6.02. The third kappa shape index (κ3) is 4.72. The first-order valence-corrected chi connectivity index (χ1v) is 10.1. The second kappa shape index (κ2) is 9.51. The Morgan fingerprint density at radius 3 is 2.28 bits per heavy atom. The van der Waals surface area contributed by atoms with Crippen LogP contribution in [0.1, 0.15) is 56.3 Å². The average molecular weight is 434 g/mol. The quantitative estimate of drug-likeness (QED) is 0.415. The van der Waals surface area contributed by atoms with Gasteiger partial charge in [-0.2, -0.15) is 0 Å². The van der Waals surface area contributed by atoms with Crippen LogP contribution < -0.4 is 10.1 Å². The van der Waals surface area contributed by atoms with E-state index in [1.807, 2.05) is 19.1 Å². The lowest BCUT2D eigenvalue weighted by Crippen LogP contribution is -2.26. The van der Waals surface area contributed by atoms with E-state index < -0.39 is 18.0 Å². The molecule has 0 aliphatic heterocycles. The van der Waals surface area contributed by atoms with Gasteiger partial charge in [0, 0.05) is 16.8 Å². The third-order valence-corrected chi connectivity index (χ3v) is 5.17. The number of hydrogen-bond donors (Lipinski definition) is 2. The number of anilines is 1. The number of H-pyrrole nitrogens is 1. The molecule has 0 fully saturated rings. The van der Waals surface area contributed by atoms with Gasteiger partial charge in [-0.1, -0.05) is 36.4 Å². The number of Topliss-reactive ketones (excluding diaryl/α,β-unsaturated/α-hetero) is 1. The molecule has 3 aromatic rings. The summed E-state index contributed by atoms with van der Waals surface area (Å²) < 4.78 is 11.0. The largest absolute Gasteiger partial charge is 0.495 e. The van der Waals surface area contributed by atoms with Crippen molar-refractivity contribution in [3.8, 4) is 5.75 Å². The minimum Gasteiger partial charge on any atom is -0.495 e. The predicted octanol–water partition coefficient (Wildman–Crippen LogP) is 4.69. The maximum Gasteiger partial charge on any atom is 0.356 e. The first kappa shape index (κ1) is 22.8. The van der Waals surface area contributed by atoms with E-state index in [1.165, 1.54) is 14.0 Å². The summed E-state index contributed by atoms with van der Waals surface area (Å²) in [6.45, 7) is 6.72. The second-order valence-corrected chi connectivity index (χ2v) is 7.57. The van der Waals surface area contributed by atoms with Gasteiger partial charge in [0.15, 0.2) is 5.78 Å². The van der Waals surface area contributed by atoms with Gasteiger partial charge in [0.25, 0.3) is 5.91 Å². The number of aromatic amines is 1. The van der Waals surface area contributed by atoms with Crippen LogP contribution in [0.3, 0.4) is 0 Å². The fraction of sp³-hybridized carbons (Fsp3) is 0.240. The minimum absolute atomic E-state index is 0.148. The fourth-order valence-corrected chi connectivity index (χ4v) is 3.67. The van der Waals surface area contributed by atoms with Gasteiger partial charge >= 0.3 is 5.97 Å². The van der Waals surface area contributed by atoms with Crippen LogP contribution in [0.5, 0.6) is 5.75 Å². The van der Waals surface area contributed by atoms with Gasteiger partial charge in [0.05, 0.1) is 12.8 Å². The Balaban J connectivity index is 1.93. The smallest absolute Gasteiger partial charge is 0.356 e. The molecule has 7 nitrogen and oxygen atoms in total. The molecule has 0 unspecified atom stereocenters. The SMILES string of the molecule is COc1ccc(C)cc1NC(=O)[C@H](OC(=O)c1[nH]c(C)c(C(C)=O)c1C)c1ccccc1. The number of amides is 1. The van der Waals surface area contributed by atoms with Crippen LogP contribution in [0.4, 0.5) is 5.69 Å². The van der Waals surface area contributed by atoms with Crippen LogP contribution in [0.25, 0.3) is 0 Å². The molecule has 3 rings (SSSR count). The molecule has 32 heavy (non-hydrogen) atoms. The Bertz CT molecular complexity index is 1160. The number of benzene rings is 2. The molecule has 0 aliphatic rings. The van der Waals surface area contributed by atoms with E-state index in [1.54, 1.807) is 50.2 Å². The van der Waals surface area contributed by atoms with Gasteiger partial charge in [-0.05, 0) is 51.0 Å². The zero-order valence-corrected chi connectivity index (χ0v) is 18.7. The van der Waals surface area contributed by atoms with Gasteiger partial charge < -0.3 is 19.8 Å². The van der Waals surface area contributed by atoms with Crippen LogP contribution >= 0.6 is 0 Å². The van der Waals surface area contributed by atoms with E-state index >= 15 is 0 Å². The van der Waals surface area contributed by atoms with Crippen molar-refractivity contribution >= 4 is 23.3 Å². The van der Waals surface area contributed by atoms with Crippen molar-refractivity contribution < 1.29 is 23.9 Å². The van der Waals surface area contributed by atoms with Gasteiger partial charge in [0.2, 0.25) is 6.10 Å². The maximum atomic E-state index is 13.2. The summed E-state index contributed by atoms with van der Waals surface area (Å²) in [6.07, 6.45) is -1.21. The third-order valence-electron chi connectivity index (χ3n) is 5.17. The summed E-state index contributed by atoms with van der Waals surface area (Å²) in [7, 11) is 1.51. The summed E-state index contributed by atoms with van der Waals surface area (Å²) in [5, 5.41) is 2.80. The van der Waals surface area contributed by atoms with E-state index in [0.717, 1.165) is 5.56 Å². The fourth-order valence-electron chi connectivity index (χ4n) is 3.67. The molecule has 0 saturated carbocycles. The van der Waals surface area contributed by atoms with Gasteiger partial charge in [-0.3, -0.25) is 9.59 Å². The number of ether oxygens (including phenoxy) is 2. The molecule has 7 heteroatoms. The Labute approximate surface area is 186 Å². The van der Waals surface area contributed by atoms with Crippen LogP contribution in [0, 0.1) is 20.8 Å². The molecule has 0 spiro atoms. The first-order chi connectivity index (χ1) is 15.2. The number of rotatable bonds is 7. The molecule has 1 heterocycles. The minimum atomic E-state index is -1.21. The monoisotopic (exact) mass is 434 g/mol. The average Bonchev–Trinajstić information content (AvgIpc) is 3.06. The number of carbonyl (C=O) groups excluding carboxylic acids is 3. The van der Waals surface area contributed by atoms with Crippen molar-refractivity contribution in [2.24, 2.45) is 0 Å². The topological polar surface area (TPSA) is 97.5 Å². The highest BCUT2D eigenvalue weighted by Crippen LogP contribution is 2.29. The lowest BCUT2D eigenvalue weighted by Gasteiger charge is -2.19. The summed E-state index contributed by atoms with van der Waals surface area (Å²) >= 11 is 0. The normalized spacial score (nSPS) is 11.5. The van der Waals surface area contributed by atoms with Gasteiger partial charge in [0.1, 0.15) is 11.4 Å². The second-order valence-electron chi connectivity index (χ2n) is 7.57.